The van der Waals surface area contributed by atoms with E-state index in [1.165, 1.54) is 0 Å². The molecule has 0 radical (unpaired) electrons. The van der Waals surface area contributed by atoms with Gasteiger partial charge in [-0.3, -0.25) is 0 Å². The van der Waals surface area contributed by atoms with Gasteiger partial charge in [-0.1, -0.05) is 0 Å². The Kier molecular flexibility index (Phi) is 381. The van der Waals surface area contributed by atoms with Crippen LogP contribution >= 0.6 is 0 Å². The first kappa shape index (κ1) is 24.9. The van der Waals surface area contributed by atoms with Gasteiger partial charge in [0.05, 0.1) is 0 Å². The molecule has 0 spiro atoms. The van der Waals surface area contributed by atoms with Crippen LogP contribution < -0.4 is 0 Å². The molecule has 0 rings (SSSR count). The molecule has 0 aromatic heterocycles. The zero-order chi connectivity index (χ0) is 4.00. The molecule has 0 aromatic carbocycles. The summed E-state index contributed by atoms with van der Waals surface area (Å²) in [6.45, 7) is 9.50. The average molecular weight is 111 g/mol. The van der Waals surface area contributed by atoms with E-state index in [9.17, 15) is 0 Å². The molecule has 0 fully saturated rings. The third-order valence-electron chi connectivity index (χ3n) is 0. The van der Waals surface area contributed by atoms with Crippen molar-refractivity contribution < 1.29 is 16.5 Å². The van der Waals surface area contributed by atoms with Gasteiger partial charge in [0.15, 0.2) is 0 Å². The summed E-state index contributed by atoms with van der Waals surface area (Å²) in [7, 11) is 0. The SMILES string of the molecule is [C-]#N.[C-]#N.[Ni+2]. The minimum absolute atomic E-state index is 0. The van der Waals surface area contributed by atoms with E-state index in [-0.39, 0.29) is 16.5 Å². The second-order valence-corrected chi connectivity index (χ2v) is 0. The van der Waals surface area contributed by atoms with Gasteiger partial charge in [0.1, 0.15) is 0 Å². The summed E-state index contributed by atoms with van der Waals surface area (Å²) >= 11 is 0. The third kappa shape index (κ3) is 27.2. The van der Waals surface area contributed by atoms with E-state index in [2.05, 4.69) is 0 Å². The normalized spacial score (nSPS) is 0.800. The minimum Gasteiger partial charge on any atom is -0.512 e. The van der Waals surface area contributed by atoms with Crippen molar-refractivity contribution in [1.82, 2.24) is 0 Å². The van der Waals surface area contributed by atoms with Crippen LogP contribution in [0.2, 0.25) is 0 Å². The molecule has 3 heteroatoms. The van der Waals surface area contributed by atoms with Gasteiger partial charge in [0.25, 0.3) is 0 Å². The summed E-state index contributed by atoms with van der Waals surface area (Å²) in [5.74, 6) is 0. The van der Waals surface area contributed by atoms with Crippen molar-refractivity contribution in [3.63, 3.8) is 0 Å². The van der Waals surface area contributed by atoms with Gasteiger partial charge in [-0.15, -0.1) is 0 Å². The summed E-state index contributed by atoms with van der Waals surface area (Å²) in [4.78, 5) is 0. The topological polar surface area (TPSA) is 47.6 Å². The van der Waals surface area contributed by atoms with Crippen molar-refractivity contribution in [2.24, 2.45) is 0 Å². The molecule has 0 aromatic rings. The minimum atomic E-state index is 0. The average Bonchev–Trinajstić information content (AvgIpc) is 1.50. The fourth-order valence-corrected chi connectivity index (χ4v) is 0. The Morgan fingerprint density at radius 2 is 0.800 bits per heavy atom. The molecule has 0 aliphatic rings. The maximum absolute atomic E-state index is 6.25. The molecule has 0 unspecified atom stereocenters. The number of rotatable bonds is 0. The monoisotopic (exact) mass is 110 g/mol. The molecule has 0 atom stereocenters. The molecule has 0 heterocycles. The molecule has 0 aliphatic heterocycles. The van der Waals surface area contributed by atoms with E-state index in [4.69, 9.17) is 23.7 Å². The molecule has 5 heavy (non-hydrogen) atoms. The Morgan fingerprint density at radius 3 is 0.800 bits per heavy atom. The summed E-state index contributed by atoms with van der Waals surface area (Å²) in [5, 5.41) is 12.5. The van der Waals surface area contributed by atoms with E-state index < -0.39 is 0 Å². The van der Waals surface area contributed by atoms with Gasteiger partial charge in [-0.2, -0.15) is 0 Å². The summed E-state index contributed by atoms with van der Waals surface area (Å²) in [5.41, 5.74) is 0. The Morgan fingerprint density at radius 1 is 0.800 bits per heavy atom. The fraction of sp³-hybridized carbons (Fsp3) is 0. The van der Waals surface area contributed by atoms with Crippen LogP contribution in [0.15, 0.2) is 0 Å². The van der Waals surface area contributed by atoms with Gasteiger partial charge in [0, 0.05) is 0 Å². The van der Waals surface area contributed by atoms with E-state index in [1.54, 1.807) is 0 Å². The molecule has 0 amide bonds. The van der Waals surface area contributed by atoms with Crippen molar-refractivity contribution in [3.05, 3.63) is 13.1 Å². The Balaban J connectivity index is -0.0000000133. The molecule has 0 saturated heterocycles. The van der Waals surface area contributed by atoms with Crippen LogP contribution in [-0.2, 0) is 16.5 Å². The van der Waals surface area contributed by atoms with Crippen molar-refractivity contribution in [2.45, 2.75) is 0 Å². The Hall–Kier alpha value is -0.526. The van der Waals surface area contributed by atoms with Crippen LogP contribution in [0.5, 0.6) is 0 Å². The van der Waals surface area contributed by atoms with Gasteiger partial charge < -0.3 is 23.7 Å². The van der Waals surface area contributed by atoms with E-state index in [0.717, 1.165) is 0 Å². The van der Waals surface area contributed by atoms with Gasteiger partial charge >= 0.3 is 16.5 Å². The maximum Gasteiger partial charge on any atom is 2.00 e. The maximum atomic E-state index is 6.25. The van der Waals surface area contributed by atoms with E-state index in [1.807, 2.05) is 0 Å². The molecule has 0 bridgehead atoms. The number of nitrogens with zero attached hydrogens (tertiary/aromatic N) is 2. The molecule has 2 nitrogen and oxygen atoms in total. The van der Waals surface area contributed by atoms with E-state index >= 15 is 0 Å². The van der Waals surface area contributed by atoms with Crippen molar-refractivity contribution in [1.29, 1.82) is 10.5 Å². The third-order valence-corrected chi connectivity index (χ3v) is 0. The summed E-state index contributed by atoms with van der Waals surface area (Å²) < 4.78 is 0. The fourth-order valence-electron chi connectivity index (χ4n) is 0. The largest absolute Gasteiger partial charge is 2.00 e. The van der Waals surface area contributed by atoms with Crippen LogP contribution in [0, 0.1) is 23.7 Å². The number of hydrogen-bond donors (Lipinski definition) is 0. The Bertz CT molecular complexity index is 23.1. The van der Waals surface area contributed by atoms with Crippen LogP contribution in [-0.4, -0.2) is 0 Å². The quantitative estimate of drug-likeness (QED) is 0.330. The molecule has 28 valence electrons. The predicted octanol–water partition coefficient (Wildman–Crippen LogP) is 0.190. The smallest absolute Gasteiger partial charge is 0.512 e. The predicted molar refractivity (Wildman–Crippen MR) is 9.94 cm³/mol. The summed E-state index contributed by atoms with van der Waals surface area (Å²) in [6.07, 6.45) is 0. The van der Waals surface area contributed by atoms with E-state index in [0.29, 0.717) is 0 Å². The second-order valence-electron chi connectivity index (χ2n) is 0. The first-order chi connectivity index (χ1) is 2.00. The molecular formula is C2N2Ni. The standard InChI is InChI=1S/2CN.Ni/c2*1-2;/q2*-1;+2. The zero-order valence-electron chi connectivity index (χ0n) is 2.21. The van der Waals surface area contributed by atoms with Crippen LogP contribution in [0.3, 0.4) is 0 Å². The van der Waals surface area contributed by atoms with Gasteiger partial charge in [-0.05, 0) is 0 Å². The molecule has 0 aliphatic carbocycles. The first-order valence-corrected chi connectivity index (χ1v) is 0.447. The van der Waals surface area contributed by atoms with Crippen LogP contribution in [0.1, 0.15) is 0 Å². The van der Waals surface area contributed by atoms with Crippen LogP contribution in [0.4, 0.5) is 0 Å². The van der Waals surface area contributed by atoms with Crippen molar-refractivity contribution >= 4 is 0 Å². The molecular weight excluding hydrogens is 111 g/mol. The number of hydrogen-bond acceptors (Lipinski definition) is 2. The zero-order valence-corrected chi connectivity index (χ0v) is 3.20. The van der Waals surface area contributed by atoms with Gasteiger partial charge in [0.2, 0.25) is 0 Å². The van der Waals surface area contributed by atoms with Crippen molar-refractivity contribution in [3.8, 4) is 0 Å². The van der Waals surface area contributed by atoms with Crippen LogP contribution in [0.25, 0.3) is 0 Å². The summed E-state index contributed by atoms with van der Waals surface area (Å²) in [6, 6.07) is 0. The van der Waals surface area contributed by atoms with Gasteiger partial charge in [-0.25, -0.2) is 0 Å². The molecule has 0 saturated carbocycles. The molecule has 0 N–H and O–H groups in total. The first-order valence-electron chi connectivity index (χ1n) is 0.447. The Labute approximate surface area is 40.9 Å². The van der Waals surface area contributed by atoms with Crippen molar-refractivity contribution in [2.75, 3.05) is 0 Å². The second kappa shape index (κ2) is 76.7.